The Bertz CT molecular complexity index is 1390. The van der Waals surface area contributed by atoms with Gasteiger partial charge in [0.15, 0.2) is 0 Å². The zero-order chi connectivity index (χ0) is 23.8. The molecule has 2 amide bonds. The molecule has 0 bridgehead atoms. The normalized spacial score (nSPS) is 19.3. The van der Waals surface area contributed by atoms with Gasteiger partial charge in [-0.1, -0.05) is 66.7 Å². The molecule has 1 fully saturated rings. The number of carbonyl (C=O) groups excluding carboxylic acids is 2. The third kappa shape index (κ3) is 3.90. The fourth-order valence-electron chi connectivity index (χ4n) is 5.37. The summed E-state index contributed by atoms with van der Waals surface area (Å²) in [5, 5.41) is 4.03. The lowest BCUT2D eigenvalue weighted by atomic mass is 9.93. The number of hydrogen-bond acceptors (Lipinski definition) is 3. The summed E-state index contributed by atoms with van der Waals surface area (Å²) >= 11 is 0. The van der Waals surface area contributed by atoms with Gasteiger partial charge < -0.3 is 19.9 Å². The lowest BCUT2D eigenvalue weighted by Crippen LogP contribution is -2.41. The van der Waals surface area contributed by atoms with E-state index in [4.69, 9.17) is 4.74 Å². The highest BCUT2D eigenvalue weighted by Gasteiger charge is 2.41. The van der Waals surface area contributed by atoms with Crippen LogP contribution in [0, 0.1) is 0 Å². The number of hydrogen-bond donors (Lipinski definition) is 2. The smallest absolute Gasteiger partial charge is 0.255 e. The van der Waals surface area contributed by atoms with Gasteiger partial charge in [0.1, 0.15) is 6.54 Å². The van der Waals surface area contributed by atoms with Gasteiger partial charge in [0.25, 0.3) is 5.91 Å². The lowest BCUT2D eigenvalue weighted by Gasteiger charge is -2.26. The van der Waals surface area contributed by atoms with Crippen LogP contribution in [0.2, 0.25) is 0 Å². The Morgan fingerprint density at radius 1 is 1.00 bits per heavy atom. The molecule has 2 atom stereocenters. The Hall–Kier alpha value is -3.90. The molecular weight excluding hydrogens is 438 g/mol. The summed E-state index contributed by atoms with van der Waals surface area (Å²) in [4.78, 5) is 31.9. The fourth-order valence-corrected chi connectivity index (χ4v) is 5.37. The summed E-state index contributed by atoms with van der Waals surface area (Å²) in [5.41, 5.74) is 5.59. The topological polar surface area (TPSA) is 74.4 Å². The number of amides is 2. The molecule has 0 saturated carbocycles. The van der Waals surface area contributed by atoms with Gasteiger partial charge in [-0.05, 0) is 36.1 Å². The van der Waals surface area contributed by atoms with Gasteiger partial charge in [0.05, 0.1) is 17.8 Å². The highest BCUT2D eigenvalue weighted by molar-refractivity contribution is 6.03. The second kappa shape index (κ2) is 9.04. The molecule has 176 valence electrons. The summed E-state index contributed by atoms with van der Waals surface area (Å²) < 4.78 is 5.64. The van der Waals surface area contributed by atoms with E-state index >= 15 is 0 Å². The number of nitrogens with zero attached hydrogens (tertiary/aromatic N) is 1. The number of benzene rings is 3. The van der Waals surface area contributed by atoms with Crippen LogP contribution in [0.4, 0.5) is 0 Å². The first-order valence-corrected chi connectivity index (χ1v) is 12.1. The predicted octanol–water partition coefficient (Wildman–Crippen LogP) is 4.68. The summed E-state index contributed by atoms with van der Waals surface area (Å²) in [6.07, 6.45) is 2.03. The number of aromatic nitrogens is 1. The first-order valence-electron chi connectivity index (χ1n) is 12.1. The number of fused-ring (bicyclic) bond motifs is 2. The number of carbonyl (C=O) groups is 2. The lowest BCUT2D eigenvalue weighted by molar-refractivity contribution is -0.122. The van der Waals surface area contributed by atoms with Crippen LogP contribution < -0.4 is 5.32 Å². The molecule has 2 unspecified atom stereocenters. The van der Waals surface area contributed by atoms with E-state index in [0.29, 0.717) is 12.1 Å². The minimum absolute atomic E-state index is 0.0152. The summed E-state index contributed by atoms with van der Waals surface area (Å²) in [7, 11) is 0. The number of para-hydroxylation sites is 1. The Kier molecular flexibility index (Phi) is 5.58. The van der Waals surface area contributed by atoms with Gasteiger partial charge >= 0.3 is 0 Å². The zero-order valence-electron chi connectivity index (χ0n) is 19.4. The maximum atomic E-state index is 13.6. The van der Waals surface area contributed by atoms with Gasteiger partial charge in [-0.2, -0.15) is 0 Å². The van der Waals surface area contributed by atoms with E-state index in [-0.39, 0.29) is 30.5 Å². The third-order valence-electron chi connectivity index (χ3n) is 7.01. The van der Waals surface area contributed by atoms with Crippen molar-refractivity contribution in [2.45, 2.75) is 25.0 Å². The number of rotatable bonds is 6. The second-order valence-corrected chi connectivity index (χ2v) is 9.19. The Labute approximate surface area is 203 Å². The number of nitrogens with one attached hydrogen (secondary N) is 2. The average molecular weight is 466 g/mol. The molecule has 0 radical (unpaired) electrons. The molecule has 2 N–H and O–H groups in total. The number of aromatic amines is 1. The molecule has 6 nitrogen and oxygen atoms in total. The van der Waals surface area contributed by atoms with Crippen LogP contribution in [0.25, 0.3) is 22.2 Å². The van der Waals surface area contributed by atoms with Gasteiger partial charge in [0, 0.05) is 35.2 Å². The quantitative estimate of drug-likeness (QED) is 0.434. The maximum absolute atomic E-state index is 13.6. The van der Waals surface area contributed by atoms with Crippen molar-refractivity contribution in [1.29, 1.82) is 0 Å². The molecule has 6 heteroatoms. The summed E-state index contributed by atoms with van der Waals surface area (Å²) in [5.74, 6) is -0.296. The molecule has 3 aromatic carbocycles. The van der Waals surface area contributed by atoms with Gasteiger partial charge in [-0.15, -0.1) is 0 Å². The minimum Gasteiger partial charge on any atom is -0.376 e. The highest BCUT2D eigenvalue weighted by Crippen LogP contribution is 2.45. The molecule has 4 aromatic rings. The van der Waals surface area contributed by atoms with E-state index in [1.54, 1.807) is 4.90 Å². The largest absolute Gasteiger partial charge is 0.376 e. The van der Waals surface area contributed by atoms with Crippen molar-refractivity contribution < 1.29 is 14.3 Å². The fraction of sp³-hybridized carbons (Fsp3) is 0.241. The Morgan fingerprint density at radius 3 is 2.60 bits per heavy atom. The van der Waals surface area contributed by atoms with E-state index in [2.05, 4.69) is 28.5 Å². The number of H-pyrrole nitrogens is 1. The van der Waals surface area contributed by atoms with Crippen molar-refractivity contribution in [2.75, 3.05) is 19.7 Å². The first kappa shape index (κ1) is 21.6. The predicted molar refractivity (Wildman–Crippen MR) is 135 cm³/mol. The Morgan fingerprint density at radius 2 is 1.77 bits per heavy atom. The molecule has 6 rings (SSSR count). The van der Waals surface area contributed by atoms with E-state index in [1.165, 1.54) is 0 Å². The Balaban J connectivity index is 1.43. The maximum Gasteiger partial charge on any atom is 0.255 e. The summed E-state index contributed by atoms with van der Waals surface area (Å²) in [6, 6.07) is 25.6. The van der Waals surface area contributed by atoms with E-state index in [1.807, 2.05) is 60.7 Å². The SMILES string of the molecule is O=C(CN1C(=O)c2ccccc2C1c1c(-c2ccccc2)[nH]c2ccccc12)NCC1CCCO1. The molecule has 35 heavy (non-hydrogen) atoms. The van der Waals surface area contributed by atoms with Gasteiger partial charge in [-0.3, -0.25) is 9.59 Å². The summed E-state index contributed by atoms with van der Waals surface area (Å²) in [6.45, 7) is 1.20. The molecule has 1 saturated heterocycles. The van der Waals surface area contributed by atoms with Gasteiger partial charge in [0.2, 0.25) is 5.91 Å². The second-order valence-electron chi connectivity index (χ2n) is 9.19. The van der Waals surface area contributed by atoms with Crippen molar-refractivity contribution in [1.82, 2.24) is 15.2 Å². The first-order chi connectivity index (χ1) is 17.2. The molecule has 2 aliphatic heterocycles. The van der Waals surface area contributed by atoms with E-state index in [0.717, 1.165) is 52.7 Å². The molecule has 1 aromatic heterocycles. The van der Waals surface area contributed by atoms with Crippen LogP contribution >= 0.6 is 0 Å². The highest BCUT2D eigenvalue weighted by atomic mass is 16.5. The van der Waals surface area contributed by atoms with Crippen LogP contribution in [0.15, 0.2) is 78.9 Å². The average Bonchev–Trinajstić information content (AvgIpc) is 3.61. The monoisotopic (exact) mass is 465 g/mol. The van der Waals surface area contributed by atoms with E-state index < -0.39 is 0 Å². The van der Waals surface area contributed by atoms with Crippen LogP contribution in [0.3, 0.4) is 0 Å². The van der Waals surface area contributed by atoms with Crippen molar-refractivity contribution >= 4 is 22.7 Å². The standard InChI is InChI=1S/C29H27N3O3/c33-25(30-17-20-11-8-16-35-20)18-32-28(21-12-4-5-13-22(21)29(32)34)26-23-14-6-7-15-24(23)31-27(26)19-9-2-1-3-10-19/h1-7,9-10,12-15,20,28,31H,8,11,16-18H2,(H,30,33). The minimum atomic E-state index is -0.376. The third-order valence-corrected chi connectivity index (χ3v) is 7.01. The van der Waals surface area contributed by atoms with Crippen molar-refractivity contribution in [3.63, 3.8) is 0 Å². The van der Waals surface area contributed by atoms with Crippen molar-refractivity contribution in [3.05, 3.63) is 95.6 Å². The van der Waals surface area contributed by atoms with Crippen LogP contribution in [-0.4, -0.2) is 47.5 Å². The van der Waals surface area contributed by atoms with Crippen molar-refractivity contribution in [3.8, 4) is 11.3 Å². The molecule has 3 heterocycles. The van der Waals surface area contributed by atoms with Crippen LogP contribution in [0.1, 0.15) is 40.4 Å². The number of ether oxygens (including phenoxy) is 1. The zero-order valence-corrected chi connectivity index (χ0v) is 19.4. The van der Waals surface area contributed by atoms with E-state index in [9.17, 15) is 9.59 Å². The van der Waals surface area contributed by atoms with Crippen LogP contribution in [0.5, 0.6) is 0 Å². The van der Waals surface area contributed by atoms with Crippen molar-refractivity contribution in [2.24, 2.45) is 0 Å². The van der Waals surface area contributed by atoms with Crippen LogP contribution in [-0.2, 0) is 9.53 Å². The van der Waals surface area contributed by atoms with Gasteiger partial charge in [-0.25, -0.2) is 0 Å². The molecule has 2 aliphatic rings. The molecule has 0 aliphatic carbocycles. The molecular formula is C29H27N3O3. The molecule has 0 spiro atoms.